The molecule has 128 valence electrons. The van der Waals surface area contributed by atoms with Crippen LogP contribution >= 0.6 is 31.9 Å². The number of nitro groups is 1. The lowest BCUT2D eigenvalue weighted by atomic mass is 10.1. The first-order chi connectivity index (χ1) is 11.7. The molecule has 0 bridgehead atoms. The number of nitro benzene ring substituents is 1. The molecule has 3 rings (SSSR count). The molecule has 1 aliphatic heterocycles. The van der Waals surface area contributed by atoms with Gasteiger partial charge < -0.3 is 5.73 Å². The minimum atomic E-state index is -0.598. The fourth-order valence-electron chi connectivity index (χ4n) is 2.63. The van der Waals surface area contributed by atoms with Crippen LogP contribution in [0.2, 0.25) is 0 Å². The van der Waals surface area contributed by atoms with E-state index in [-0.39, 0.29) is 22.5 Å². The van der Waals surface area contributed by atoms with E-state index in [0.29, 0.717) is 14.6 Å². The number of nitrogens with zero attached hydrogens (tertiary/aromatic N) is 3. The van der Waals surface area contributed by atoms with Gasteiger partial charge in [0.15, 0.2) is 0 Å². The van der Waals surface area contributed by atoms with Crippen molar-refractivity contribution in [1.82, 2.24) is 5.01 Å². The zero-order valence-electron chi connectivity index (χ0n) is 12.7. The first-order valence-electron chi connectivity index (χ1n) is 6.87. The fraction of sp³-hybridized carbons (Fsp3) is 0.0667. The Morgan fingerprint density at radius 1 is 1.12 bits per heavy atom. The summed E-state index contributed by atoms with van der Waals surface area (Å²) in [6.07, 6.45) is 0. The largest absolute Gasteiger partial charge is 0.399 e. The van der Waals surface area contributed by atoms with Crippen LogP contribution in [0.15, 0.2) is 39.3 Å². The highest BCUT2D eigenvalue weighted by molar-refractivity contribution is 9.11. The number of hydrogen-bond acceptors (Lipinski definition) is 6. The maximum atomic E-state index is 12.6. The second-order valence-corrected chi connectivity index (χ2v) is 7.03. The molecule has 0 saturated carbocycles. The summed E-state index contributed by atoms with van der Waals surface area (Å²) >= 11 is 6.44. The minimum absolute atomic E-state index is 0.0793. The molecule has 0 aromatic heterocycles. The van der Waals surface area contributed by atoms with Crippen LogP contribution in [0.4, 0.5) is 17.1 Å². The number of imide groups is 1. The van der Waals surface area contributed by atoms with Crippen molar-refractivity contribution < 1.29 is 14.5 Å². The summed E-state index contributed by atoms with van der Waals surface area (Å²) in [4.78, 5) is 36.1. The van der Waals surface area contributed by atoms with Gasteiger partial charge in [0.1, 0.15) is 5.69 Å². The van der Waals surface area contributed by atoms with Gasteiger partial charge >= 0.3 is 0 Å². The summed E-state index contributed by atoms with van der Waals surface area (Å²) in [5.41, 5.74) is 6.20. The van der Waals surface area contributed by atoms with Crippen molar-refractivity contribution in [2.75, 3.05) is 17.8 Å². The first kappa shape index (κ1) is 17.4. The van der Waals surface area contributed by atoms with Crippen LogP contribution in [-0.2, 0) is 0 Å². The zero-order chi connectivity index (χ0) is 18.5. The lowest BCUT2D eigenvalue weighted by Gasteiger charge is -2.28. The molecule has 0 fully saturated rings. The van der Waals surface area contributed by atoms with Gasteiger partial charge in [-0.1, -0.05) is 15.9 Å². The van der Waals surface area contributed by atoms with E-state index in [9.17, 15) is 19.7 Å². The number of benzene rings is 2. The number of carbonyl (C=O) groups is 2. The van der Waals surface area contributed by atoms with Crippen molar-refractivity contribution in [3.63, 3.8) is 0 Å². The van der Waals surface area contributed by atoms with E-state index in [4.69, 9.17) is 5.73 Å². The smallest absolute Gasteiger partial charge is 0.296 e. The number of carbonyl (C=O) groups excluding carboxylic acids is 2. The number of rotatable bonds is 3. The van der Waals surface area contributed by atoms with Gasteiger partial charge in [-0.25, -0.2) is 0 Å². The van der Waals surface area contributed by atoms with Crippen molar-refractivity contribution in [3.05, 3.63) is 60.5 Å². The number of hydrazine groups is 1. The summed E-state index contributed by atoms with van der Waals surface area (Å²) in [7, 11) is 1.41. The number of nitrogen functional groups attached to an aromatic ring is 1. The van der Waals surface area contributed by atoms with Gasteiger partial charge in [0, 0.05) is 23.3 Å². The third kappa shape index (κ3) is 2.76. The highest BCUT2D eigenvalue weighted by Gasteiger charge is 2.40. The van der Waals surface area contributed by atoms with Gasteiger partial charge in [-0.15, -0.1) is 0 Å². The average Bonchev–Trinajstić information content (AvgIpc) is 2.76. The van der Waals surface area contributed by atoms with Crippen molar-refractivity contribution in [3.8, 4) is 0 Å². The molecule has 0 aliphatic carbocycles. The number of anilines is 2. The molecule has 2 aromatic rings. The molecule has 2 amide bonds. The highest BCUT2D eigenvalue weighted by Crippen LogP contribution is 2.40. The van der Waals surface area contributed by atoms with Crippen LogP contribution in [0.3, 0.4) is 0 Å². The molecule has 8 nitrogen and oxygen atoms in total. The number of nitrogens with two attached hydrogens (primary N) is 1. The first-order valence-corrected chi connectivity index (χ1v) is 8.46. The van der Waals surface area contributed by atoms with Crippen molar-refractivity contribution in [2.24, 2.45) is 0 Å². The van der Waals surface area contributed by atoms with Crippen LogP contribution < -0.4 is 10.7 Å². The fourth-order valence-corrected chi connectivity index (χ4v) is 4.09. The van der Waals surface area contributed by atoms with E-state index in [1.807, 2.05) is 0 Å². The number of halogens is 2. The second-order valence-electron chi connectivity index (χ2n) is 5.26. The summed E-state index contributed by atoms with van der Waals surface area (Å²) in [6, 6.07) is 7.28. The predicted octanol–water partition coefficient (Wildman–Crippen LogP) is 3.35. The zero-order valence-corrected chi connectivity index (χ0v) is 15.9. The SMILES string of the molecule is CN(c1c(Br)cc(Br)cc1[N+](=O)[O-])N1C(=O)c2ccc(N)cc2C1=O. The Bertz CT molecular complexity index is 947. The van der Waals surface area contributed by atoms with Crippen LogP contribution in [0.25, 0.3) is 0 Å². The molecule has 1 heterocycles. The maximum absolute atomic E-state index is 12.6. The van der Waals surface area contributed by atoms with E-state index in [1.165, 1.54) is 31.3 Å². The Hall–Kier alpha value is -2.46. The minimum Gasteiger partial charge on any atom is -0.399 e. The third-order valence-corrected chi connectivity index (χ3v) is 4.78. The molecule has 0 unspecified atom stereocenters. The molecule has 2 N–H and O–H groups in total. The molecule has 0 spiro atoms. The number of hydrogen-bond donors (Lipinski definition) is 1. The summed E-state index contributed by atoms with van der Waals surface area (Å²) in [5, 5.41) is 13.4. The molecule has 10 heteroatoms. The quantitative estimate of drug-likeness (QED) is 0.319. The molecule has 1 aliphatic rings. The van der Waals surface area contributed by atoms with E-state index in [2.05, 4.69) is 31.9 Å². The van der Waals surface area contributed by atoms with Gasteiger partial charge in [0.25, 0.3) is 17.5 Å². The number of fused-ring (bicyclic) bond motifs is 1. The Balaban J connectivity index is 2.12. The lowest BCUT2D eigenvalue weighted by molar-refractivity contribution is -0.384. The standard InChI is InChI=1S/C15H10Br2N4O4/c1-19(13-11(17)4-7(16)5-12(13)21(24)25)20-14(22)9-3-2-8(18)6-10(9)15(20)23/h2-6H,18H2,1H3. The van der Waals surface area contributed by atoms with E-state index in [1.54, 1.807) is 6.07 Å². The normalized spacial score (nSPS) is 13.2. The Morgan fingerprint density at radius 2 is 1.76 bits per heavy atom. The predicted molar refractivity (Wildman–Crippen MR) is 98.3 cm³/mol. The third-order valence-electron chi connectivity index (χ3n) is 3.72. The van der Waals surface area contributed by atoms with Crippen LogP contribution in [0.5, 0.6) is 0 Å². The second kappa shape index (κ2) is 6.12. The Labute approximate surface area is 158 Å². The van der Waals surface area contributed by atoms with E-state index < -0.39 is 16.7 Å². The Kier molecular flexibility index (Phi) is 4.25. The number of amides is 2. The van der Waals surface area contributed by atoms with Gasteiger partial charge in [-0.05, 0) is 40.2 Å². The molecular formula is C15H10Br2N4O4. The van der Waals surface area contributed by atoms with Crippen molar-refractivity contribution in [2.45, 2.75) is 0 Å². The molecular weight excluding hydrogens is 460 g/mol. The van der Waals surface area contributed by atoms with Gasteiger partial charge in [-0.3, -0.25) is 24.7 Å². The Morgan fingerprint density at radius 3 is 2.40 bits per heavy atom. The summed E-state index contributed by atoms with van der Waals surface area (Å²) in [6.45, 7) is 0. The molecule has 0 atom stereocenters. The molecule has 0 saturated heterocycles. The average molecular weight is 470 g/mol. The van der Waals surface area contributed by atoms with E-state index in [0.717, 1.165) is 10.0 Å². The van der Waals surface area contributed by atoms with Gasteiger partial charge in [0.05, 0.1) is 20.5 Å². The van der Waals surface area contributed by atoms with E-state index >= 15 is 0 Å². The van der Waals surface area contributed by atoms with Crippen molar-refractivity contribution in [1.29, 1.82) is 0 Å². The summed E-state index contributed by atoms with van der Waals surface area (Å²) < 4.78 is 0.838. The van der Waals surface area contributed by atoms with Gasteiger partial charge in [0.2, 0.25) is 0 Å². The topological polar surface area (TPSA) is 110 Å². The molecule has 2 aromatic carbocycles. The monoisotopic (exact) mass is 468 g/mol. The summed E-state index contributed by atoms with van der Waals surface area (Å²) in [5.74, 6) is -1.18. The highest BCUT2D eigenvalue weighted by atomic mass is 79.9. The van der Waals surface area contributed by atoms with Crippen LogP contribution in [-0.4, -0.2) is 28.8 Å². The maximum Gasteiger partial charge on any atom is 0.296 e. The lowest BCUT2D eigenvalue weighted by Crippen LogP contribution is -2.44. The van der Waals surface area contributed by atoms with Crippen molar-refractivity contribution >= 4 is 60.7 Å². The van der Waals surface area contributed by atoms with Gasteiger partial charge in [-0.2, -0.15) is 5.01 Å². The van der Waals surface area contributed by atoms with Crippen LogP contribution in [0, 0.1) is 10.1 Å². The van der Waals surface area contributed by atoms with Crippen LogP contribution in [0.1, 0.15) is 20.7 Å². The molecule has 25 heavy (non-hydrogen) atoms. The molecule has 0 radical (unpaired) electrons.